The first kappa shape index (κ1) is 17.5. The van der Waals surface area contributed by atoms with E-state index in [1.54, 1.807) is 37.6 Å². The van der Waals surface area contributed by atoms with Gasteiger partial charge in [0.05, 0.1) is 10.6 Å². The third-order valence-electron chi connectivity index (χ3n) is 3.69. The average molecular weight is 374 g/mol. The first-order chi connectivity index (χ1) is 12.0. The topological polar surface area (TPSA) is 72.0 Å². The summed E-state index contributed by atoms with van der Waals surface area (Å²) in [5, 5.41) is 0.383. The van der Waals surface area contributed by atoms with E-state index in [4.69, 9.17) is 11.6 Å². The molecule has 0 amide bonds. The van der Waals surface area contributed by atoms with E-state index in [0.29, 0.717) is 10.6 Å². The highest BCUT2D eigenvalue weighted by Gasteiger charge is 2.17. The van der Waals surface area contributed by atoms with Gasteiger partial charge in [-0.15, -0.1) is 0 Å². The minimum Gasteiger partial charge on any atom is -0.264 e. The van der Waals surface area contributed by atoms with Gasteiger partial charge in [-0.25, -0.2) is 13.1 Å². The Balaban J connectivity index is 1.74. The predicted octanol–water partition coefficient (Wildman–Crippen LogP) is 3.58. The number of sulfonamides is 1. The van der Waals surface area contributed by atoms with Crippen LogP contribution in [0.2, 0.25) is 5.02 Å². The molecule has 1 N–H and O–H groups in total. The van der Waals surface area contributed by atoms with Crippen LogP contribution in [0.4, 0.5) is 0 Å². The van der Waals surface area contributed by atoms with Crippen molar-refractivity contribution in [3.63, 3.8) is 0 Å². The zero-order chi connectivity index (χ0) is 17.9. The van der Waals surface area contributed by atoms with Crippen LogP contribution in [0.15, 0.2) is 66.0 Å². The molecule has 0 unspecified atom stereocenters. The molecule has 0 saturated heterocycles. The van der Waals surface area contributed by atoms with Crippen molar-refractivity contribution in [1.82, 2.24) is 14.7 Å². The predicted molar refractivity (Wildman–Crippen MR) is 97.7 cm³/mol. The second kappa shape index (κ2) is 7.31. The van der Waals surface area contributed by atoms with Crippen LogP contribution in [0, 0.1) is 6.92 Å². The SMILES string of the molecule is Cc1ccc(Cl)cc1S(=O)(=O)NCc1ccc(-c2cccnc2)nc1. The number of halogens is 1. The summed E-state index contributed by atoms with van der Waals surface area (Å²) in [6.07, 6.45) is 5.08. The maximum Gasteiger partial charge on any atom is 0.241 e. The molecule has 1 aromatic carbocycles. The van der Waals surface area contributed by atoms with E-state index in [9.17, 15) is 8.42 Å². The van der Waals surface area contributed by atoms with Gasteiger partial charge in [0.1, 0.15) is 0 Å². The van der Waals surface area contributed by atoms with Crippen molar-refractivity contribution in [2.75, 3.05) is 0 Å². The molecule has 0 aliphatic heterocycles. The molecule has 0 radical (unpaired) electrons. The molecule has 0 aliphatic rings. The summed E-state index contributed by atoms with van der Waals surface area (Å²) in [6, 6.07) is 12.2. The summed E-state index contributed by atoms with van der Waals surface area (Å²) in [5.74, 6) is 0. The number of hydrogen-bond donors (Lipinski definition) is 1. The molecular formula is C18H16ClN3O2S. The Kier molecular flexibility index (Phi) is 5.13. The fourth-order valence-electron chi connectivity index (χ4n) is 2.33. The Bertz CT molecular complexity index is 975. The van der Waals surface area contributed by atoms with Crippen molar-refractivity contribution in [1.29, 1.82) is 0 Å². The minimum atomic E-state index is -3.65. The molecule has 0 saturated carbocycles. The van der Waals surface area contributed by atoms with Crippen molar-refractivity contribution in [3.8, 4) is 11.3 Å². The van der Waals surface area contributed by atoms with Gasteiger partial charge in [-0.05, 0) is 48.4 Å². The number of nitrogens with zero attached hydrogens (tertiary/aromatic N) is 2. The van der Waals surface area contributed by atoms with Crippen LogP contribution < -0.4 is 4.72 Å². The summed E-state index contributed by atoms with van der Waals surface area (Å²) in [6.45, 7) is 1.88. The monoisotopic (exact) mass is 373 g/mol. The van der Waals surface area contributed by atoms with Gasteiger partial charge in [0.2, 0.25) is 10.0 Å². The first-order valence-electron chi connectivity index (χ1n) is 7.57. The second-order valence-corrected chi connectivity index (χ2v) is 7.70. The number of aromatic nitrogens is 2. The molecule has 7 heteroatoms. The van der Waals surface area contributed by atoms with Gasteiger partial charge in [-0.3, -0.25) is 9.97 Å². The van der Waals surface area contributed by atoms with Gasteiger partial charge in [0.15, 0.2) is 0 Å². The standard InChI is InChI=1S/C18H16ClN3O2S/c1-13-4-6-16(19)9-18(13)25(23,24)22-11-14-5-7-17(21-10-14)15-3-2-8-20-12-15/h2-10,12,22H,11H2,1H3. The lowest BCUT2D eigenvalue weighted by atomic mass is 10.1. The smallest absolute Gasteiger partial charge is 0.241 e. The maximum absolute atomic E-state index is 12.5. The van der Waals surface area contributed by atoms with Crippen LogP contribution in [0.5, 0.6) is 0 Å². The zero-order valence-electron chi connectivity index (χ0n) is 13.5. The largest absolute Gasteiger partial charge is 0.264 e. The highest BCUT2D eigenvalue weighted by Crippen LogP contribution is 2.20. The van der Waals surface area contributed by atoms with Crippen LogP contribution in [0.25, 0.3) is 11.3 Å². The summed E-state index contributed by atoms with van der Waals surface area (Å²) < 4.78 is 27.5. The van der Waals surface area contributed by atoms with Gasteiger partial charge >= 0.3 is 0 Å². The highest BCUT2D eigenvalue weighted by molar-refractivity contribution is 7.89. The van der Waals surface area contributed by atoms with Gasteiger partial charge in [-0.1, -0.05) is 23.7 Å². The molecule has 2 aromatic heterocycles. The molecule has 128 valence electrons. The molecule has 0 bridgehead atoms. The van der Waals surface area contributed by atoms with Gasteiger partial charge in [-0.2, -0.15) is 0 Å². The fraction of sp³-hybridized carbons (Fsp3) is 0.111. The average Bonchev–Trinajstić information content (AvgIpc) is 2.63. The molecule has 3 aromatic rings. The molecule has 0 fully saturated rings. The maximum atomic E-state index is 12.5. The van der Waals surface area contributed by atoms with Crippen LogP contribution in [0.1, 0.15) is 11.1 Å². The minimum absolute atomic E-state index is 0.147. The molecule has 0 atom stereocenters. The van der Waals surface area contributed by atoms with E-state index in [1.807, 2.05) is 24.3 Å². The van der Waals surface area contributed by atoms with E-state index in [0.717, 1.165) is 16.8 Å². The molecular weight excluding hydrogens is 358 g/mol. The van der Waals surface area contributed by atoms with Crippen molar-refractivity contribution < 1.29 is 8.42 Å². The third kappa shape index (κ3) is 4.22. The lowest BCUT2D eigenvalue weighted by Crippen LogP contribution is -2.24. The molecule has 25 heavy (non-hydrogen) atoms. The summed E-state index contributed by atoms with van der Waals surface area (Å²) in [5.41, 5.74) is 3.09. The Morgan fingerprint density at radius 1 is 1.12 bits per heavy atom. The molecule has 2 heterocycles. The lowest BCUT2D eigenvalue weighted by Gasteiger charge is -2.10. The molecule has 0 spiro atoms. The Labute approximate surface area is 151 Å². The summed E-state index contributed by atoms with van der Waals surface area (Å²) in [7, 11) is -3.65. The van der Waals surface area contributed by atoms with Crippen LogP contribution in [0.3, 0.4) is 0 Å². The van der Waals surface area contributed by atoms with E-state index < -0.39 is 10.0 Å². The normalized spacial score (nSPS) is 11.4. The van der Waals surface area contributed by atoms with Crippen molar-refractivity contribution in [2.24, 2.45) is 0 Å². The number of aryl methyl sites for hydroxylation is 1. The van der Waals surface area contributed by atoms with Crippen LogP contribution in [-0.2, 0) is 16.6 Å². The van der Waals surface area contributed by atoms with E-state index in [2.05, 4.69) is 14.7 Å². The van der Waals surface area contributed by atoms with E-state index in [-0.39, 0.29) is 11.4 Å². The summed E-state index contributed by atoms with van der Waals surface area (Å²) >= 11 is 5.91. The van der Waals surface area contributed by atoms with E-state index in [1.165, 1.54) is 6.07 Å². The molecule has 0 aliphatic carbocycles. The first-order valence-corrected chi connectivity index (χ1v) is 9.43. The van der Waals surface area contributed by atoms with Gasteiger partial charge in [0.25, 0.3) is 0 Å². The van der Waals surface area contributed by atoms with Crippen molar-refractivity contribution in [2.45, 2.75) is 18.4 Å². The molecule has 5 nitrogen and oxygen atoms in total. The van der Waals surface area contributed by atoms with Crippen molar-refractivity contribution in [3.05, 3.63) is 77.2 Å². The van der Waals surface area contributed by atoms with E-state index >= 15 is 0 Å². The number of pyridine rings is 2. The summed E-state index contributed by atoms with van der Waals surface area (Å²) in [4.78, 5) is 8.60. The van der Waals surface area contributed by atoms with Gasteiger partial charge < -0.3 is 0 Å². The number of benzene rings is 1. The Morgan fingerprint density at radius 2 is 1.96 bits per heavy atom. The lowest BCUT2D eigenvalue weighted by molar-refractivity contribution is 0.580. The molecule has 3 rings (SSSR count). The Hall–Kier alpha value is -2.28. The highest BCUT2D eigenvalue weighted by atomic mass is 35.5. The number of rotatable bonds is 5. The second-order valence-electron chi connectivity index (χ2n) is 5.53. The zero-order valence-corrected chi connectivity index (χ0v) is 15.1. The Morgan fingerprint density at radius 3 is 2.64 bits per heavy atom. The number of nitrogens with one attached hydrogen (secondary N) is 1. The number of hydrogen-bond acceptors (Lipinski definition) is 4. The van der Waals surface area contributed by atoms with Crippen LogP contribution >= 0.6 is 11.6 Å². The van der Waals surface area contributed by atoms with Gasteiger partial charge in [0, 0.05) is 35.7 Å². The third-order valence-corrected chi connectivity index (χ3v) is 5.47. The quantitative estimate of drug-likeness (QED) is 0.741. The van der Waals surface area contributed by atoms with Crippen LogP contribution in [-0.4, -0.2) is 18.4 Å². The fourth-order valence-corrected chi connectivity index (χ4v) is 3.86. The van der Waals surface area contributed by atoms with Crippen molar-refractivity contribution >= 4 is 21.6 Å².